The molecule has 0 spiro atoms. The van der Waals surface area contributed by atoms with Gasteiger partial charge in [-0.1, -0.05) is 0 Å². The highest BCUT2D eigenvalue weighted by Gasteiger charge is 2.31. The van der Waals surface area contributed by atoms with Gasteiger partial charge in [0.05, 0.1) is 17.7 Å². The molecule has 1 aromatic carbocycles. The Hall–Kier alpha value is -4.14. The number of halogens is 5. The number of sulfonamides is 1. The molecule has 0 aliphatic heterocycles. The number of rotatable bonds is 9. The summed E-state index contributed by atoms with van der Waals surface area (Å²) in [6.45, 7) is 0. The van der Waals surface area contributed by atoms with Gasteiger partial charge >= 0.3 is 6.18 Å². The first-order valence-corrected chi connectivity index (χ1v) is 13.2. The number of anilines is 2. The van der Waals surface area contributed by atoms with Gasteiger partial charge < -0.3 is 10.3 Å². The predicted octanol–water partition coefficient (Wildman–Crippen LogP) is 4.80. The minimum Gasteiger partial charge on any atom is -0.351 e. The van der Waals surface area contributed by atoms with E-state index in [2.05, 4.69) is 25.3 Å². The molecule has 0 saturated heterocycles. The highest BCUT2D eigenvalue weighted by molar-refractivity contribution is 7.92. The van der Waals surface area contributed by atoms with Crippen molar-refractivity contribution in [3.8, 4) is 11.1 Å². The van der Waals surface area contributed by atoms with Crippen LogP contribution in [0.3, 0.4) is 0 Å². The van der Waals surface area contributed by atoms with Crippen molar-refractivity contribution in [2.45, 2.75) is 31.5 Å². The Kier molecular flexibility index (Phi) is 6.70. The van der Waals surface area contributed by atoms with Crippen molar-refractivity contribution in [1.82, 2.24) is 19.9 Å². The molecule has 5 rings (SSSR count). The third-order valence-corrected chi connectivity index (χ3v) is 7.18. The van der Waals surface area contributed by atoms with Crippen molar-refractivity contribution in [1.29, 1.82) is 0 Å². The Labute approximate surface area is 217 Å². The van der Waals surface area contributed by atoms with E-state index in [1.165, 1.54) is 17.1 Å². The number of aromatic amines is 1. The number of hydrogen-bond acceptors (Lipinski definition) is 7. The van der Waals surface area contributed by atoms with Crippen LogP contribution in [0.25, 0.3) is 22.2 Å². The van der Waals surface area contributed by atoms with Crippen LogP contribution in [0.4, 0.5) is 33.6 Å². The lowest BCUT2D eigenvalue weighted by molar-refractivity contribution is -0.129. The third-order valence-electron chi connectivity index (χ3n) is 5.92. The van der Waals surface area contributed by atoms with E-state index >= 15 is 4.39 Å². The molecule has 39 heavy (non-hydrogen) atoms. The molecule has 3 heterocycles. The molecule has 0 atom stereocenters. The summed E-state index contributed by atoms with van der Waals surface area (Å²) in [5.41, 5.74) is -0.580. The Morgan fingerprint density at radius 3 is 2.38 bits per heavy atom. The summed E-state index contributed by atoms with van der Waals surface area (Å²) in [5.74, 6) is -4.88. The normalized spacial score (nSPS) is 14.0. The van der Waals surface area contributed by atoms with E-state index in [4.69, 9.17) is 0 Å². The molecular weight excluding hydrogens is 547 g/mol. The van der Waals surface area contributed by atoms with Crippen LogP contribution in [-0.2, 0) is 10.0 Å². The van der Waals surface area contributed by atoms with E-state index < -0.39 is 57.0 Å². The fourth-order valence-corrected chi connectivity index (χ4v) is 4.83. The molecular formula is C24H19F5N6O3S. The summed E-state index contributed by atoms with van der Waals surface area (Å²) in [4.78, 5) is 28.8. The van der Waals surface area contributed by atoms with Crippen molar-refractivity contribution < 1.29 is 35.2 Å². The zero-order valence-electron chi connectivity index (χ0n) is 19.8. The molecule has 4 aromatic rings. The van der Waals surface area contributed by atoms with Crippen LogP contribution in [0, 0.1) is 11.6 Å². The molecule has 1 aliphatic carbocycles. The third kappa shape index (κ3) is 5.97. The average molecular weight is 567 g/mol. The second-order valence-electron chi connectivity index (χ2n) is 8.94. The van der Waals surface area contributed by atoms with Crippen LogP contribution in [0.1, 0.15) is 35.2 Å². The van der Waals surface area contributed by atoms with E-state index in [1.54, 1.807) is 18.5 Å². The zero-order valence-corrected chi connectivity index (χ0v) is 20.6. The minimum atomic E-state index is -4.80. The lowest BCUT2D eigenvalue weighted by atomic mass is 10.0. The fourth-order valence-electron chi connectivity index (χ4n) is 3.73. The first-order valence-electron chi connectivity index (χ1n) is 11.6. The summed E-state index contributed by atoms with van der Waals surface area (Å²) in [7, 11) is -4.78. The van der Waals surface area contributed by atoms with Crippen molar-refractivity contribution in [3.05, 3.63) is 65.7 Å². The van der Waals surface area contributed by atoms with Crippen LogP contribution in [0.5, 0.6) is 0 Å². The van der Waals surface area contributed by atoms with Crippen LogP contribution in [0.2, 0.25) is 0 Å². The molecule has 9 nitrogen and oxygen atoms in total. The monoisotopic (exact) mass is 566 g/mol. The molecule has 0 unspecified atom stereocenters. The van der Waals surface area contributed by atoms with Crippen molar-refractivity contribution in [2.24, 2.45) is 0 Å². The van der Waals surface area contributed by atoms with Gasteiger partial charge in [-0.05, 0) is 31.0 Å². The van der Waals surface area contributed by atoms with Gasteiger partial charge in [0.2, 0.25) is 16.0 Å². The Balaban J connectivity index is 1.44. The largest absolute Gasteiger partial charge is 0.390 e. The lowest BCUT2D eigenvalue weighted by Gasteiger charge is -2.13. The zero-order chi connectivity index (χ0) is 27.9. The molecule has 15 heteroatoms. The van der Waals surface area contributed by atoms with Crippen LogP contribution in [0.15, 0.2) is 43.0 Å². The van der Waals surface area contributed by atoms with Gasteiger partial charge in [0.1, 0.15) is 17.2 Å². The SMILES string of the molecule is O=C(c1ccc(F)c(NS(=O)(=O)CCC(F)(F)F)c1F)c1c[nH]c2ncc(-c3cnc(NC4CC4)nc3)cc12. The summed E-state index contributed by atoms with van der Waals surface area (Å²) < 4.78 is 92.4. The highest BCUT2D eigenvalue weighted by Crippen LogP contribution is 2.30. The predicted molar refractivity (Wildman–Crippen MR) is 132 cm³/mol. The molecule has 204 valence electrons. The number of nitrogens with zero attached hydrogens (tertiary/aromatic N) is 3. The van der Waals surface area contributed by atoms with E-state index in [-0.39, 0.29) is 16.6 Å². The van der Waals surface area contributed by atoms with Crippen molar-refractivity contribution in [2.75, 3.05) is 15.8 Å². The fraction of sp³-hybridized carbons (Fsp3) is 0.250. The number of aromatic nitrogens is 4. The Morgan fingerprint density at radius 1 is 1.03 bits per heavy atom. The molecule has 3 aromatic heterocycles. The first kappa shape index (κ1) is 26.5. The molecule has 3 N–H and O–H groups in total. The quantitative estimate of drug-likeness (QED) is 0.196. The number of nitrogens with one attached hydrogen (secondary N) is 3. The van der Waals surface area contributed by atoms with Crippen molar-refractivity contribution in [3.63, 3.8) is 0 Å². The first-order chi connectivity index (χ1) is 18.4. The molecule has 0 bridgehead atoms. The van der Waals surface area contributed by atoms with E-state index in [0.717, 1.165) is 18.9 Å². The number of fused-ring (bicyclic) bond motifs is 1. The topological polar surface area (TPSA) is 130 Å². The smallest absolute Gasteiger partial charge is 0.351 e. The number of hydrogen-bond donors (Lipinski definition) is 3. The average Bonchev–Trinajstić information content (AvgIpc) is 3.60. The number of ketones is 1. The number of benzene rings is 1. The van der Waals surface area contributed by atoms with E-state index in [9.17, 15) is 30.8 Å². The summed E-state index contributed by atoms with van der Waals surface area (Å²) >= 11 is 0. The minimum absolute atomic E-state index is 0.0522. The van der Waals surface area contributed by atoms with Gasteiger partial charge in [0, 0.05) is 52.9 Å². The Morgan fingerprint density at radius 2 is 1.72 bits per heavy atom. The second kappa shape index (κ2) is 9.87. The number of carbonyl (C=O) groups is 1. The summed E-state index contributed by atoms with van der Waals surface area (Å²) in [5, 5.41) is 3.45. The van der Waals surface area contributed by atoms with Crippen LogP contribution >= 0.6 is 0 Å². The number of alkyl halides is 3. The summed E-state index contributed by atoms with van der Waals surface area (Å²) in [6.07, 6.45) is 1.52. The van der Waals surface area contributed by atoms with Gasteiger partial charge in [-0.25, -0.2) is 32.2 Å². The van der Waals surface area contributed by atoms with Crippen LogP contribution < -0.4 is 10.0 Å². The van der Waals surface area contributed by atoms with Gasteiger partial charge in [0.25, 0.3) is 0 Å². The standard InChI is InChI=1S/C24H19F5N6O3S/c25-18-4-3-15(19(26)20(18)35-39(37,38)6-5-24(27,28)29)21(36)17-11-31-22-16(17)7-12(8-30-22)13-9-32-23(33-10-13)34-14-1-2-14/h3-4,7-11,14,35H,1-2,5-6H2,(H,30,31)(H,32,33,34). The number of pyridine rings is 1. The van der Waals surface area contributed by atoms with E-state index in [0.29, 0.717) is 29.2 Å². The highest BCUT2D eigenvalue weighted by atomic mass is 32.2. The van der Waals surface area contributed by atoms with E-state index in [1.807, 2.05) is 0 Å². The lowest BCUT2D eigenvalue weighted by Crippen LogP contribution is -2.23. The Bertz CT molecular complexity index is 1670. The maximum Gasteiger partial charge on any atom is 0.390 e. The van der Waals surface area contributed by atoms with Gasteiger partial charge in [0.15, 0.2) is 11.6 Å². The second-order valence-corrected chi connectivity index (χ2v) is 10.8. The molecule has 1 saturated carbocycles. The van der Waals surface area contributed by atoms with Gasteiger partial charge in [-0.3, -0.25) is 9.52 Å². The molecule has 1 fully saturated rings. The molecule has 0 radical (unpaired) electrons. The van der Waals surface area contributed by atoms with Crippen LogP contribution in [-0.4, -0.2) is 52.1 Å². The van der Waals surface area contributed by atoms with Crippen molar-refractivity contribution >= 4 is 38.5 Å². The molecule has 0 amide bonds. The maximum absolute atomic E-state index is 15.2. The maximum atomic E-state index is 15.2. The van der Waals surface area contributed by atoms with Gasteiger partial charge in [-0.15, -0.1) is 0 Å². The summed E-state index contributed by atoms with van der Waals surface area (Å²) in [6, 6.07) is 3.42. The number of carbonyl (C=O) groups excluding carboxylic acids is 1. The van der Waals surface area contributed by atoms with Gasteiger partial charge in [-0.2, -0.15) is 13.2 Å². The molecule has 1 aliphatic rings. The number of H-pyrrole nitrogens is 1.